The second-order valence-corrected chi connectivity index (χ2v) is 23.8. The van der Waals surface area contributed by atoms with E-state index in [-0.39, 0.29) is 15.8 Å². The van der Waals surface area contributed by atoms with Crippen LogP contribution in [0.25, 0.3) is 12.2 Å². The van der Waals surface area contributed by atoms with Gasteiger partial charge in [-0.1, -0.05) is 102 Å². The fraction of sp³-hybridized carbons (Fsp3) is 0.444. The summed E-state index contributed by atoms with van der Waals surface area (Å²) in [5, 5.41) is 11.1. The summed E-state index contributed by atoms with van der Waals surface area (Å²) in [7, 11) is -3.63. The van der Waals surface area contributed by atoms with E-state index in [0.717, 1.165) is 24.2 Å². The highest BCUT2D eigenvalue weighted by molar-refractivity contribution is 6.74. The molecule has 2 rings (SSSR count). The zero-order valence-electron chi connectivity index (χ0n) is 28.6. The van der Waals surface area contributed by atoms with E-state index in [1.54, 1.807) is 12.1 Å². The van der Waals surface area contributed by atoms with Crippen molar-refractivity contribution in [3.8, 4) is 0 Å². The van der Waals surface area contributed by atoms with Crippen molar-refractivity contribution in [3.63, 3.8) is 0 Å². The molecule has 240 valence electrons. The molecule has 8 heteroatoms. The van der Waals surface area contributed by atoms with Crippen LogP contribution in [0.3, 0.4) is 0 Å². The first kappa shape index (κ1) is 37.1. The van der Waals surface area contributed by atoms with Crippen molar-refractivity contribution in [2.45, 2.75) is 77.8 Å². The summed E-state index contributed by atoms with van der Waals surface area (Å²) in [5.41, 5.74) is 3.32. The summed E-state index contributed by atoms with van der Waals surface area (Å²) in [5.74, 6) is 0. The largest absolute Gasteiger partial charge is 0.415 e. The molecule has 0 unspecified atom stereocenters. The lowest BCUT2D eigenvalue weighted by Gasteiger charge is -2.38. The quantitative estimate of drug-likeness (QED) is 0.0844. The van der Waals surface area contributed by atoms with Gasteiger partial charge >= 0.3 is 0 Å². The van der Waals surface area contributed by atoms with E-state index in [4.69, 9.17) is 8.85 Å². The molecule has 6 nitrogen and oxygen atoms in total. The molecule has 0 heterocycles. The first-order valence-electron chi connectivity index (χ1n) is 15.5. The topological polar surface area (TPSA) is 64.8 Å². The van der Waals surface area contributed by atoms with E-state index >= 15 is 0 Å². The Kier molecular flexibility index (Phi) is 13.8. The number of hydrogen-bond acceptors (Lipinski definition) is 5. The van der Waals surface area contributed by atoms with Gasteiger partial charge in [-0.05, 0) is 71.7 Å². The maximum atomic E-state index is 10.8. The van der Waals surface area contributed by atoms with E-state index in [1.807, 2.05) is 42.5 Å². The average molecular weight is 635 g/mol. The predicted molar refractivity (Wildman–Crippen MR) is 194 cm³/mol. The monoisotopic (exact) mass is 634 g/mol. The molecule has 0 atom stereocenters. The van der Waals surface area contributed by atoms with Gasteiger partial charge in [-0.3, -0.25) is 10.1 Å². The predicted octanol–water partition coefficient (Wildman–Crippen LogP) is 10.3. The first-order chi connectivity index (χ1) is 20.4. The molecule has 0 aliphatic carbocycles. The van der Waals surface area contributed by atoms with Crippen LogP contribution >= 0.6 is 0 Å². The van der Waals surface area contributed by atoms with Crippen LogP contribution in [0.2, 0.25) is 36.3 Å². The molecule has 0 saturated carbocycles. The van der Waals surface area contributed by atoms with Crippen molar-refractivity contribution < 1.29 is 13.8 Å². The van der Waals surface area contributed by atoms with Crippen LogP contribution < -0.4 is 4.90 Å². The van der Waals surface area contributed by atoms with Crippen LogP contribution in [0.15, 0.2) is 85.0 Å². The molecule has 0 radical (unpaired) electrons. The lowest BCUT2D eigenvalue weighted by molar-refractivity contribution is -0.384. The first-order valence-corrected chi connectivity index (χ1v) is 21.3. The summed E-state index contributed by atoms with van der Waals surface area (Å²) < 4.78 is 13.0. The Hall–Kier alpha value is -3.05. The number of anilines is 1. The average Bonchev–Trinajstić information content (AvgIpc) is 2.93. The molecule has 0 aromatic heterocycles. The van der Waals surface area contributed by atoms with Crippen molar-refractivity contribution >= 4 is 40.2 Å². The van der Waals surface area contributed by atoms with Crippen LogP contribution in [-0.2, 0) is 8.85 Å². The number of allylic oxidation sites excluding steroid dienone is 6. The van der Waals surface area contributed by atoms with Crippen LogP contribution in [-0.4, -0.2) is 47.9 Å². The molecule has 0 aliphatic rings. The van der Waals surface area contributed by atoms with Gasteiger partial charge in [-0.25, -0.2) is 0 Å². The highest BCUT2D eigenvalue weighted by Crippen LogP contribution is 2.37. The molecule has 0 fully saturated rings. The molecule has 0 saturated heterocycles. The summed E-state index contributed by atoms with van der Waals surface area (Å²) >= 11 is 0. The number of hydrogen-bond donors (Lipinski definition) is 0. The van der Waals surface area contributed by atoms with Gasteiger partial charge in [0.1, 0.15) is 0 Å². The summed E-state index contributed by atoms with van der Waals surface area (Å²) in [6.45, 7) is 26.0. The summed E-state index contributed by atoms with van der Waals surface area (Å²) in [6.07, 6.45) is 15.8. The lowest BCUT2D eigenvalue weighted by Crippen LogP contribution is -2.44. The lowest BCUT2D eigenvalue weighted by atomic mass is 10.1. The number of benzene rings is 2. The number of nitrogens with zero attached hydrogens (tertiary/aromatic N) is 2. The molecular weight excluding hydrogens is 581 g/mol. The van der Waals surface area contributed by atoms with E-state index in [1.165, 1.54) is 17.8 Å². The maximum absolute atomic E-state index is 10.8. The van der Waals surface area contributed by atoms with Gasteiger partial charge in [0.2, 0.25) is 0 Å². The number of nitro groups is 1. The Morgan fingerprint density at radius 2 is 1.02 bits per heavy atom. The Bertz CT molecular complexity index is 1270. The van der Waals surface area contributed by atoms with E-state index < -0.39 is 21.6 Å². The smallest absolute Gasteiger partial charge is 0.269 e. The zero-order chi connectivity index (χ0) is 33.0. The van der Waals surface area contributed by atoms with Crippen molar-refractivity contribution in [2.24, 2.45) is 0 Å². The second-order valence-electron chi connectivity index (χ2n) is 14.1. The van der Waals surface area contributed by atoms with E-state index in [9.17, 15) is 10.1 Å². The Morgan fingerprint density at radius 3 is 1.39 bits per heavy atom. The third-order valence-electron chi connectivity index (χ3n) is 8.76. The number of non-ortho nitro benzene ring substituents is 1. The molecule has 44 heavy (non-hydrogen) atoms. The fourth-order valence-electron chi connectivity index (χ4n) is 3.72. The Balaban J connectivity index is 1.99. The summed E-state index contributed by atoms with van der Waals surface area (Å²) in [4.78, 5) is 12.8. The normalized spacial score (nSPS) is 13.6. The van der Waals surface area contributed by atoms with Gasteiger partial charge in [0.25, 0.3) is 5.69 Å². The maximum Gasteiger partial charge on any atom is 0.269 e. The number of nitro benzene ring substituents is 1. The van der Waals surface area contributed by atoms with Crippen LogP contribution in [0.1, 0.15) is 52.7 Å². The molecule has 2 aromatic rings. The van der Waals surface area contributed by atoms with Crippen molar-refractivity contribution in [1.29, 1.82) is 0 Å². The Labute approximate surface area is 268 Å². The van der Waals surface area contributed by atoms with Gasteiger partial charge in [-0.2, -0.15) is 0 Å². The van der Waals surface area contributed by atoms with Crippen molar-refractivity contribution in [2.75, 3.05) is 31.2 Å². The highest BCUT2D eigenvalue weighted by Gasteiger charge is 2.38. The minimum atomic E-state index is -1.81. The SMILES string of the molecule is CC(C)(C)[Si](C)(C)OCCN(CCO[Si](C)(C)C(C)(C)C)c1ccc(C=CC=CC=CC=Cc2ccc([N+](=O)[O-])cc2)cc1. The third kappa shape index (κ3) is 12.2. The minimum absolute atomic E-state index is 0.0951. The van der Waals surface area contributed by atoms with Gasteiger partial charge in [0, 0.05) is 30.9 Å². The number of rotatable bonds is 15. The Morgan fingerprint density at radius 1 is 0.659 bits per heavy atom. The standard InChI is InChI=1S/C36H54N2O4Si2/c1-35(2,3)43(7,8)41-29-27-37(28-30-42-44(9,10)36(4,5)6)33-23-19-31(20-24-33)17-15-13-11-12-14-16-18-32-21-25-34(26-22-32)38(39)40/h11-26H,27-30H2,1-10H3. The molecule has 2 aromatic carbocycles. The second kappa shape index (κ2) is 16.3. The zero-order valence-corrected chi connectivity index (χ0v) is 30.6. The molecule has 0 aliphatic heterocycles. The summed E-state index contributed by atoms with van der Waals surface area (Å²) in [6, 6.07) is 15.2. The van der Waals surface area contributed by atoms with Gasteiger partial charge in [0.15, 0.2) is 16.6 Å². The van der Waals surface area contributed by atoms with E-state index in [2.05, 4.69) is 103 Å². The molecular formula is C36H54N2O4Si2. The van der Waals surface area contributed by atoms with Gasteiger partial charge in [-0.15, -0.1) is 0 Å². The van der Waals surface area contributed by atoms with Crippen LogP contribution in [0.4, 0.5) is 11.4 Å². The minimum Gasteiger partial charge on any atom is -0.415 e. The van der Waals surface area contributed by atoms with Gasteiger partial charge < -0.3 is 13.8 Å². The van der Waals surface area contributed by atoms with Crippen LogP contribution in [0.5, 0.6) is 0 Å². The van der Waals surface area contributed by atoms with Crippen molar-refractivity contribution in [3.05, 3.63) is 106 Å². The molecule has 0 bridgehead atoms. The van der Waals surface area contributed by atoms with E-state index in [0.29, 0.717) is 13.2 Å². The molecule has 0 amide bonds. The fourth-order valence-corrected chi connectivity index (χ4v) is 5.79. The van der Waals surface area contributed by atoms with Crippen molar-refractivity contribution in [1.82, 2.24) is 0 Å². The highest BCUT2D eigenvalue weighted by atomic mass is 28.4. The molecule has 0 N–H and O–H groups in total. The third-order valence-corrected chi connectivity index (χ3v) is 17.8. The van der Waals surface area contributed by atoms with Gasteiger partial charge in [0.05, 0.1) is 18.1 Å². The van der Waals surface area contributed by atoms with Crippen LogP contribution in [0, 0.1) is 10.1 Å². The molecule has 0 spiro atoms.